The Balaban J connectivity index is 1.45. The van der Waals surface area contributed by atoms with Crippen LogP contribution in [0.5, 0.6) is 0 Å². The Bertz CT molecular complexity index is 931. The van der Waals surface area contributed by atoms with E-state index in [0.717, 1.165) is 5.56 Å². The molecule has 0 aromatic heterocycles. The summed E-state index contributed by atoms with van der Waals surface area (Å²) in [5, 5.41) is 0. The first-order valence-electron chi connectivity index (χ1n) is 18.6. The van der Waals surface area contributed by atoms with Gasteiger partial charge in [0.1, 0.15) is 5.82 Å². The van der Waals surface area contributed by atoms with Gasteiger partial charge in [0.05, 0.1) is 0 Å². The predicted octanol–water partition coefficient (Wildman–Crippen LogP) is 14.3. The maximum atomic E-state index is 14.4. The van der Waals surface area contributed by atoms with Crippen LogP contribution in [0.4, 0.5) is 4.39 Å². The highest BCUT2D eigenvalue weighted by Crippen LogP contribution is 2.54. The Kier molecular flexibility index (Phi) is 17.5. The molecular weight excluding hydrogens is 511 g/mol. The van der Waals surface area contributed by atoms with Gasteiger partial charge in [-0.25, -0.2) is 4.39 Å². The molecule has 0 amide bonds. The van der Waals surface area contributed by atoms with Crippen molar-refractivity contribution in [3.8, 4) is 11.1 Å². The normalized spacial score (nSPS) is 13.4. The third kappa shape index (κ3) is 11.5. The fraction of sp³-hybridized carbons (Fsp3) is 0.707. The molecule has 0 N–H and O–H groups in total. The summed E-state index contributed by atoms with van der Waals surface area (Å²) >= 11 is 0. The van der Waals surface area contributed by atoms with Crippen molar-refractivity contribution in [1.82, 2.24) is 0 Å². The molecule has 2 aromatic rings. The molecule has 1 heteroatoms. The SMILES string of the molecule is CCCCCCCCCCCCCCC1(CCCCCCCCCCCCCC)c2ccccc2-c2cc(F)ccc21. The molecule has 1 aliphatic rings. The maximum absolute atomic E-state index is 14.4. The molecule has 0 unspecified atom stereocenters. The van der Waals surface area contributed by atoms with Gasteiger partial charge in [0.15, 0.2) is 0 Å². The Morgan fingerprint density at radius 1 is 0.429 bits per heavy atom. The molecule has 0 saturated heterocycles. The van der Waals surface area contributed by atoms with E-state index in [9.17, 15) is 4.39 Å². The zero-order valence-corrected chi connectivity index (χ0v) is 27.8. The number of hydrogen-bond acceptors (Lipinski definition) is 0. The lowest BCUT2D eigenvalue weighted by Gasteiger charge is -2.33. The number of rotatable bonds is 26. The molecule has 0 radical (unpaired) electrons. The largest absolute Gasteiger partial charge is 0.207 e. The van der Waals surface area contributed by atoms with Crippen LogP contribution in [-0.2, 0) is 5.41 Å². The van der Waals surface area contributed by atoms with Crippen molar-refractivity contribution in [2.24, 2.45) is 0 Å². The third-order valence-electron chi connectivity index (χ3n) is 10.1. The van der Waals surface area contributed by atoms with Crippen molar-refractivity contribution in [3.05, 3.63) is 59.4 Å². The molecular formula is C41H65F. The fourth-order valence-corrected chi connectivity index (χ4v) is 7.64. The van der Waals surface area contributed by atoms with E-state index >= 15 is 0 Å². The summed E-state index contributed by atoms with van der Waals surface area (Å²) in [6.07, 6.45) is 35.7. The van der Waals surface area contributed by atoms with Crippen molar-refractivity contribution in [3.63, 3.8) is 0 Å². The molecule has 0 saturated carbocycles. The van der Waals surface area contributed by atoms with Gasteiger partial charge in [-0.2, -0.15) is 0 Å². The van der Waals surface area contributed by atoms with E-state index in [0.29, 0.717) is 0 Å². The van der Waals surface area contributed by atoms with E-state index in [-0.39, 0.29) is 11.2 Å². The third-order valence-corrected chi connectivity index (χ3v) is 10.1. The second-order valence-electron chi connectivity index (χ2n) is 13.6. The lowest BCUT2D eigenvalue weighted by atomic mass is 9.70. The second kappa shape index (κ2) is 21.1. The summed E-state index contributed by atoms with van der Waals surface area (Å²) in [5.74, 6) is -0.102. The van der Waals surface area contributed by atoms with E-state index < -0.39 is 0 Å². The van der Waals surface area contributed by atoms with E-state index in [1.165, 1.54) is 184 Å². The molecule has 0 nitrogen and oxygen atoms in total. The second-order valence-corrected chi connectivity index (χ2v) is 13.6. The Morgan fingerprint density at radius 2 is 0.810 bits per heavy atom. The first-order chi connectivity index (χ1) is 20.7. The molecule has 0 fully saturated rings. The summed E-state index contributed by atoms with van der Waals surface area (Å²) in [7, 11) is 0. The van der Waals surface area contributed by atoms with Gasteiger partial charge in [-0.15, -0.1) is 0 Å². The van der Waals surface area contributed by atoms with Crippen LogP contribution in [0.3, 0.4) is 0 Å². The zero-order chi connectivity index (χ0) is 29.7. The van der Waals surface area contributed by atoms with Gasteiger partial charge in [0, 0.05) is 5.41 Å². The van der Waals surface area contributed by atoms with Crippen LogP contribution in [0, 0.1) is 5.82 Å². The van der Waals surface area contributed by atoms with Crippen molar-refractivity contribution in [2.45, 2.75) is 186 Å². The molecule has 0 heterocycles. The van der Waals surface area contributed by atoms with E-state index in [1.54, 1.807) is 12.1 Å². The first-order valence-corrected chi connectivity index (χ1v) is 18.6. The number of hydrogen-bond donors (Lipinski definition) is 0. The van der Waals surface area contributed by atoms with Gasteiger partial charge >= 0.3 is 0 Å². The molecule has 1 aliphatic carbocycles. The lowest BCUT2D eigenvalue weighted by molar-refractivity contribution is 0.396. The Morgan fingerprint density at radius 3 is 1.26 bits per heavy atom. The van der Waals surface area contributed by atoms with Crippen molar-refractivity contribution in [1.29, 1.82) is 0 Å². The summed E-state index contributed by atoms with van der Waals surface area (Å²) < 4.78 is 14.4. The molecule has 236 valence electrons. The predicted molar refractivity (Wildman–Crippen MR) is 184 cm³/mol. The fourth-order valence-electron chi connectivity index (χ4n) is 7.64. The van der Waals surface area contributed by atoms with Crippen LogP contribution >= 0.6 is 0 Å². The summed E-state index contributed by atoms with van der Waals surface area (Å²) in [6.45, 7) is 4.59. The van der Waals surface area contributed by atoms with Gasteiger partial charge in [0.25, 0.3) is 0 Å². The average Bonchev–Trinajstić information content (AvgIpc) is 3.27. The Labute approximate surface area is 260 Å². The van der Waals surface area contributed by atoms with E-state index in [2.05, 4.69) is 44.2 Å². The van der Waals surface area contributed by atoms with Crippen molar-refractivity contribution in [2.75, 3.05) is 0 Å². The van der Waals surface area contributed by atoms with Crippen LogP contribution in [0.25, 0.3) is 11.1 Å². The molecule has 0 bridgehead atoms. The topological polar surface area (TPSA) is 0 Å². The number of benzene rings is 2. The molecule has 42 heavy (non-hydrogen) atoms. The number of halogens is 1. The summed E-state index contributed by atoms with van der Waals surface area (Å²) in [4.78, 5) is 0. The molecule has 0 atom stereocenters. The summed E-state index contributed by atoms with van der Waals surface area (Å²) in [6, 6.07) is 14.6. The maximum Gasteiger partial charge on any atom is 0.123 e. The summed E-state index contributed by atoms with van der Waals surface area (Å²) in [5.41, 5.74) is 5.37. The number of unbranched alkanes of at least 4 members (excludes halogenated alkanes) is 22. The standard InChI is InChI=1S/C41H65F/c1-3-5-7-9-11-13-15-17-19-21-23-27-33-41(34-28-24-22-20-18-16-14-12-10-8-6-4-2)39-30-26-25-29-37(39)38-35-36(42)31-32-40(38)41/h25-26,29-32,35H,3-24,27-28,33-34H2,1-2H3. The van der Waals surface area contributed by atoms with E-state index in [1.807, 2.05) is 0 Å². The van der Waals surface area contributed by atoms with Crippen molar-refractivity contribution >= 4 is 0 Å². The van der Waals surface area contributed by atoms with Crippen LogP contribution in [0.2, 0.25) is 0 Å². The van der Waals surface area contributed by atoms with Crippen LogP contribution in [0.15, 0.2) is 42.5 Å². The minimum absolute atomic E-state index is 0.0661. The van der Waals surface area contributed by atoms with Gasteiger partial charge < -0.3 is 0 Å². The highest BCUT2D eigenvalue weighted by Gasteiger charge is 2.42. The molecule has 3 rings (SSSR count). The average molecular weight is 577 g/mol. The highest BCUT2D eigenvalue weighted by atomic mass is 19.1. The van der Waals surface area contributed by atoms with Crippen LogP contribution in [-0.4, -0.2) is 0 Å². The minimum atomic E-state index is -0.102. The van der Waals surface area contributed by atoms with Crippen LogP contribution in [0.1, 0.15) is 192 Å². The van der Waals surface area contributed by atoms with E-state index in [4.69, 9.17) is 0 Å². The zero-order valence-electron chi connectivity index (χ0n) is 27.8. The van der Waals surface area contributed by atoms with Gasteiger partial charge in [0.2, 0.25) is 0 Å². The lowest BCUT2D eigenvalue weighted by Crippen LogP contribution is -2.25. The molecule has 0 spiro atoms. The minimum Gasteiger partial charge on any atom is -0.207 e. The van der Waals surface area contributed by atoms with Crippen molar-refractivity contribution < 1.29 is 4.39 Å². The smallest absolute Gasteiger partial charge is 0.123 e. The highest BCUT2D eigenvalue weighted by molar-refractivity contribution is 5.81. The first kappa shape index (κ1) is 34.9. The van der Waals surface area contributed by atoms with Crippen LogP contribution < -0.4 is 0 Å². The molecule has 0 aliphatic heterocycles. The Hall–Kier alpha value is -1.63. The van der Waals surface area contributed by atoms with Gasteiger partial charge in [-0.05, 0) is 47.2 Å². The quantitative estimate of drug-likeness (QED) is 0.0977. The monoisotopic (exact) mass is 577 g/mol. The van der Waals surface area contributed by atoms with Gasteiger partial charge in [-0.1, -0.05) is 198 Å². The van der Waals surface area contributed by atoms with Gasteiger partial charge in [-0.3, -0.25) is 0 Å². The molecule has 2 aromatic carbocycles. The number of fused-ring (bicyclic) bond motifs is 3.